The minimum atomic E-state index is -0.418. The summed E-state index contributed by atoms with van der Waals surface area (Å²) < 4.78 is 0. The van der Waals surface area contributed by atoms with Crippen LogP contribution < -0.4 is 0 Å². The fourth-order valence-corrected chi connectivity index (χ4v) is 4.93. The highest BCUT2D eigenvalue weighted by atomic mass is 16.2. The Morgan fingerprint density at radius 1 is 0.926 bits per heavy atom. The summed E-state index contributed by atoms with van der Waals surface area (Å²) in [5.74, 6) is 1.76. The number of likely N-dealkylation sites (tertiary alicyclic amines) is 3. The molecule has 0 radical (unpaired) electrons. The van der Waals surface area contributed by atoms with Gasteiger partial charge in [0.25, 0.3) is 0 Å². The Balaban J connectivity index is 1.57. The van der Waals surface area contributed by atoms with Crippen molar-refractivity contribution in [3.8, 4) is 0 Å². The molecule has 3 rings (SSSR count). The van der Waals surface area contributed by atoms with Crippen molar-refractivity contribution in [3.05, 3.63) is 0 Å². The lowest BCUT2D eigenvalue weighted by atomic mass is 9.93. The first kappa shape index (κ1) is 20.6. The molecule has 5 nitrogen and oxygen atoms in total. The molecule has 0 bridgehead atoms. The van der Waals surface area contributed by atoms with Crippen molar-refractivity contribution in [2.45, 2.75) is 72.3 Å². The summed E-state index contributed by atoms with van der Waals surface area (Å²) in [7, 11) is 0. The highest BCUT2D eigenvalue weighted by molar-refractivity contribution is 5.90. The van der Waals surface area contributed by atoms with Gasteiger partial charge in [-0.25, -0.2) is 0 Å². The molecule has 154 valence electrons. The van der Waals surface area contributed by atoms with E-state index in [1.165, 1.54) is 32.4 Å². The van der Waals surface area contributed by atoms with Crippen molar-refractivity contribution in [1.29, 1.82) is 0 Å². The number of piperidine rings is 2. The SMILES string of the molecule is CC1CCN(C[C@H]2CCCN(C(=O)[C@@H]3CCCN3C(=O)C(C)(C)C)C2)CC1. The number of rotatable bonds is 3. The van der Waals surface area contributed by atoms with Gasteiger partial charge in [-0.15, -0.1) is 0 Å². The van der Waals surface area contributed by atoms with E-state index >= 15 is 0 Å². The van der Waals surface area contributed by atoms with Gasteiger partial charge in [-0.2, -0.15) is 0 Å². The first-order valence-electron chi connectivity index (χ1n) is 11.1. The maximum Gasteiger partial charge on any atom is 0.245 e. The number of carbonyl (C=O) groups is 2. The molecule has 2 atom stereocenters. The van der Waals surface area contributed by atoms with Gasteiger partial charge in [-0.3, -0.25) is 9.59 Å². The molecule has 3 aliphatic heterocycles. The van der Waals surface area contributed by atoms with Crippen LogP contribution in [0.5, 0.6) is 0 Å². The van der Waals surface area contributed by atoms with E-state index in [9.17, 15) is 9.59 Å². The zero-order valence-corrected chi connectivity index (χ0v) is 17.9. The molecule has 0 aromatic rings. The van der Waals surface area contributed by atoms with Crippen molar-refractivity contribution in [2.75, 3.05) is 39.3 Å². The van der Waals surface area contributed by atoms with Crippen LogP contribution in [0.3, 0.4) is 0 Å². The second-order valence-corrected chi connectivity index (χ2v) is 10.2. The summed E-state index contributed by atoms with van der Waals surface area (Å²) in [5.41, 5.74) is -0.418. The first-order valence-corrected chi connectivity index (χ1v) is 11.1. The third-order valence-electron chi connectivity index (χ3n) is 6.66. The minimum Gasteiger partial charge on any atom is -0.341 e. The van der Waals surface area contributed by atoms with E-state index in [1.807, 2.05) is 25.7 Å². The van der Waals surface area contributed by atoms with Crippen LogP contribution in [0.15, 0.2) is 0 Å². The van der Waals surface area contributed by atoms with Crippen LogP contribution in [0.25, 0.3) is 0 Å². The number of hydrogen-bond acceptors (Lipinski definition) is 3. The summed E-state index contributed by atoms with van der Waals surface area (Å²) in [6, 6.07) is -0.230. The van der Waals surface area contributed by atoms with Crippen molar-refractivity contribution in [3.63, 3.8) is 0 Å². The van der Waals surface area contributed by atoms with Crippen LogP contribution in [-0.4, -0.2) is 71.8 Å². The molecule has 2 amide bonds. The molecule has 3 aliphatic rings. The molecule has 0 aromatic heterocycles. The van der Waals surface area contributed by atoms with Gasteiger partial charge >= 0.3 is 0 Å². The van der Waals surface area contributed by atoms with Gasteiger partial charge in [0.05, 0.1) is 0 Å². The lowest BCUT2D eigenvalue weighted by molar-refractivity contribution is -0.149. The van der Waals surface area contributed by atoms with E-state index in [0.717, 1.165) is 51.4 Å². The van der Waals surface area contributed by atoms with E-state index in [4.69, 9.17) is 0 Å². The molecular formula is C22H39N3O2. The number of amides is 2. The van der Waals surface area contributed by atoms with Crippen LogP contribution >= 0.6 is 0 Å². The molecular weight excluding hydrogens is 338 g/mol. The Bertz CT molecular complexity index is 534. The normalized spacial score (nSPS) is 28.6. The smallest absolute Gasteiger partial charge is 0.245 e. The maximum atomic E-state index is 13.2. The molecule has 27 heavy (non-hydrogen) atoms. The van der Waals surface area contributed by atoms with Gasteiger partial charge < -0.3 is 14.7 Å². The number of nitrogens with zero attached hydrogens (tertiary/aromatic N) is 3. The zero-order chi connectivity index (χ0) is 19.6. The maximum absolute atomic E-state index is 13.2. The van der Waals surface area contributed by atoms with E-state index in [-0.39, 0.29) is 17.9 Å². The first-order chi connectivity index (χ1) is 12.8. The van der Waals surface area contributed by atoms with E-state index < -0.39 is 5.41 Å². The molecule has 0 aliphatic carbocycles. The predicted octanol–water partition coefficient (Wildman–Crippen LogP) is 2.99. The quantitative estimate of drug-likeness (QED) is 0.759. The Kier molecular flexibility index (Phi) is 6.50. The van der Waals surface area contributed by atoms with Gasteiger partial charge in [-0.05, 0) is 63.5 Å². The molecule has 0 spiro atoms. The van der Waals surface area contributed by atoms with Crippen LogP contribution in [0, 0.1) is 17.3 Å². The number of carbonyl (C=O) groups excluding carboxylic acids is 2. The summed E-state index contributed by atoms with van der Waals surface area (Å²) in [4.78, 5) is 32.5. The molecule has 3 fully saturated rings. The highest BCUT2D eigenvalue weighted by Gasteiger charge is 2.41. The van der Waals surface area contributed by atoms with E-state index in [2.05, 4.69) is 16.7 Å². The monoisotopic (exact) mass is 377 g/mol. The average Bonchev–Trinajstić information content (AvgIpc) is 3.11. The second-order valence-electron chi connectivity index (χ2n) is 10.2. The van der Waals surface area contributed by atoms with Gasteiger partial charge in [0.2, 0.25) is 11.8 Å². The lowest BCUT2D eigenvalue weighted by Gasteiger charge is -2.40. The van der Waals surface area contributed by atoms with Gasteiger partial charge in [-0.1, -0.05) is 27.7 Å². The van der Waals surface area contributed by atoms with Crippen LogP contribution in [0.1, 0.15) is 66.2 Å². The predicted molar refractivity (Wildman–Crippen MR) is 108 cm³/mol. The summed E-state index contributed by atoms with van der Waals surface area (Å²) in [6.45, 7) is 14.2. The van der Waals surface area contributed by atoms with Gasteiger partial charge in [0.15, 0.2) is 0 Å². The average molecular weight is 378 g/mol. The highest BCUT2D eigenvalue weighted by Crippen LogP contribution is 2.28. The molecule has 0 unspecified atom stereocenters. The fraction of sp³-hybridized carbons (Fsp3) is 0.909. The molecule has 3 heterocycles. The molecule has 5 heteroatoms. The molecule has 0 N–H and O–H groups in total. The van der Waals surface area contributed by atoms with E-state index in [1.54, 1.807) is 0 Å². The van der Waals surface area contributed by atoms with Crippen molar-refractivity contribution in [2.24, 2.45) is 17.3 Å². The van der Waals surface area contributed by atoms with Crippen LogP contribution in [-0.2, 0) is 9.59 Å². The van der Waals surface area contributed by atoms with Gasteiger partial charge in [0.1, 0.15) is 6.04 Å². The third kappa shape index (κ3) is 5.04. The molecule has 0 saturated carbocycles. The fourth-order valence-electron chi connectivity index (χ4n) is 4.93. The Morgan fingerprint density at radius 2 is 1.59 bits per heavy atom. The molecule has 0 aromatic carbocycles. The van der Waals surface area contributed by atoms with Crippen LogP contribution in [0.4, 0.5) is 0 Å². The van der Waals surface area contributed by atoms with E-state index in [0.29, 0.717) is 5.92 Å². The number of hydrogen-bond donors (Lipinski definition) is 0. The zero-order valence-electron chi connectivity index (χ0n) is 17.9. The Hall–Kier alpha value is -1.10. The summed E-state index contributed by atoms with van der Waals surface area (Å²) in [6.07, 6.45) is 6.71. The van der Waals surface area contributed by atoms with Crippen molar-refractivity contribution < 1.29 is 9.59 Å². The van der Waals surface area contributed by atoms with Crippen LogP contribution in [0.2, 0.25) is 0 Å². The second kappa shape index (κ2) is 8.50. The molecule has 3 saturated heterocycles. The topological polar surface area (TPSA) is 43.9 Å². The standard InChI is InChI=1S/C22H39N3O2/c1-17-9-13-23(14-10-17)15-18-7-5-11-24(16-18)20(26)19-8-6-12-25(19)21(27)22(2,3)4/h17-19H,5-16H2,1-4H3/t18-,19+/m1/s1. The Morgan fingerprint density at radius 3 is 2.26 bits per heavy atom. The lowest BCUT2D eigenvalue weighted by Crippen LogP contribution is -2.53. The third-order valence-corrected chi connectivity index (χ3v) is 6.66. The minimum absolute atomic E-state index is 0.120. The summed E-state index contributed by atoms with van der Waals surface area (Å²) >= 11 is 0. The Labute approximate surface area is 165 Å². The van der Waals surface area contributed by atoms with Crippen molar-refractivity contribution in [1.82, 2.24) is 14.7 Å². The van der Waals surface area contributed by atoms with Gasteiger partial charge in [0, 0.05) is 31.6 Å². The van der Waals surface area contributed by atoms with Crippen molar-refractivity contribution >= 4 is 11.8 Å². The largest absolute Gasteiger partial charge is 0.341 e. The summed E-state index contributed by atoms with van der Waals surface area (Å²) in [5, 5.41) is 0.